The van der Waals surface area contributed by atoms with Crippen molar-refractivity contribution in [2.75, 3.05) is 32.8 Å². The van der Waals surface area contributed by atoms with Crippen LogP contribution in [0.1, 0.15) is 23.3 Å². The summed E-state index contributed by atoms with van der Waals surface area (Å²) in [6.07, 6.45) is 1.91. The summed E-state index contributed by atoms with van der Waals surface area (Å²) < 4.78 is 8.01. The number of amides is 1. The van der Waals surface area contributed by atoms with E-state index in [9.17, 15) is 4.79 Å². The SMILES string of the molecule is Cn1c(C(=O)N2CCOC3(CCNCC3)C2)cc2c(Cl)cccc21. The first-order valence-corrected chi connectivity index (χ1v) is 8.85. The molecule has 3 heterocycles. The number of morpholine rings is 1. The van der Waals surface area contributed by atoms with Crippen LogP contribution < -0.4 is 5.32 Å². The van der Waals surface area contributed by atoms with E-state index in [4.69, 9.17) is 16.3 Å². The lowest BCUT2D eigenvalue weighted by atomic mass is 9.90. The maximum atomic E-state index is 13.1. The van der Waals surface area contributed by atoms with E-state index in [2.05, 4.69) is 5.32 Å². The fourth-order valence-corrected chi connectivity index (χ4v) is 4.12. The monoisotopic (exact) mass is 347 g/mol. The number of carbonyl (C=O) groups excluding carboxylic acids is 1. The van der Waals surface area contributed by atoms with Gasteiger partial charge in [0.2, 0.25) is 0 Å². The summed E-state index contributed by atoms with van der Waals surface area (Å²) in [5, 5.41) is 4.97. The highest BCUT2D eigenvalue weighted by molar-refractivity contribution is 6.35. The van der Waals surface area contributed by atoms with Gasteiger partial charge in [0.15, 0.2) is 0 Å². The van der Waals surface area contributed by atoms with Crippen LogP contribution in [0.15, 0.2) is 24.3 Å². The highest BCUT2D eigenvalue weighted by Gasteiger charge is 2.39. The molecule has 2 aliphatic heterocycles. The van der Waals surface area contributed by atoms with Crippen LogP contribution in [0.3, 0.4) is 0 Å². The van der Waals surface area contributed by atoms with Gasteiger partial charge in [-0.05, 0) is 44.1 Å². The molecular weight excluding hydrogens is 326 g/mol. The predicted octanol–water partition coefficient (Wildman–Crippen LogP) is 2.43. The molecule has 1 N–H and O–H groups in total. The fraction of sp³-hybridized carbons (Fsp3) is 0.500. The smallest absolute Gasteiger partial charge is 0.270 e. The zero-order valence-corrected chi connectivity index (χ0v) is 14.6. The van der Waals surface area contributed by atoms with Crippen molar-refractivity contribution in [2.45, 2.75) is 18.4 Å². The number of rotatable bonds is 1. The number of piperidine rings is 1. The Morgan fingerprint density at radius 2 is 2.12 bits per heavy atom. The van der Waals surface area contributed by atoms with Crippen molar-refractivity contribution < 1.29 is 9.53 Å². The Morgan fingerprint density at radius 1 is 1.33 bits per heavy atom. The number of ether oxygens (including phenoxy) is 1. The summed E-state index contributed by atoms with van der Waals surface area (Å²) in [5.74, 6) is 0.0611. The number of hydrogen-bond acceptors (Lipinski definition) is 3. The minimum absolute atomic E-state index is 0.0611. The van der Waals surface area contributed by atoms with Crippen molar-refractivity contribution >= 4 is 28.4 Å². The Bertz CT molecular complexity index is 774. The number of hydrogen-bond donors (Lipinski definition) is 1. The molecule has 128 valence electrons. The van der Waals surface area contributed by atoms with Crippen LogP contribution in [-0.4, -0.2) is 53.8 Å². The molecule has 2 fully saturated rings. The van der Waals surface area contributed by atoms with Gasteiger partial charge in [-0.15, -0.1) is 0 Å². The average molecular weight is 348 g/mol. The number of fused-ring (bicyclic) bond motifs is 1. The molecule has 1 aromatic carbocycles. The lowest BCUT2D eigenvalue weighted by Gasteiger charge is -2.45. The molecule has 0 saturated carbocycles. The fourth-order valence-electron chi connectivity index (χ4n) is 3.89. The minimum Gasteiger partial charge on any atom is -0.371 e. The van der Waals surface area contributed by atoms with Gasteiger partial charge in [-0.3, -0.25) is 4.79 Å². The molecule has 0 atom stereocenters. The van der Waals surface area contributed by atoms with E-state index in [0.29, 0.717) is 30.4 Å². The second kappa shape index (κ2) is 6.06. The zero-order chi connectivity index (χ0) is 16.7. The van der Waals surface area contributed by atoms with Crippen LogP contribution in [0.4, 0.5) is 0 Å². The molecule has 6 heteroatoms. The van der Waals surface area contributed by atoms with E-state index in [1.807, 2.05) is 40.8 Å². The van der Waals surface area contributed by atoms with E-state index in [1.165, 1.54) is 0 Å². The first kappa shape index (κ1) is 15.9. The van der Waals surface area contributed by atoms with E-state index < -0.39 is 0 Å². The van der Waals surface area contributed by atoms with Gasteiger partial charge < -0.3 is 19.5 Å². The second-order valence-corrected chi connectivity index (χ2v) is 7.18. The first-order chi connectivity index (χ1) is 11.6. The zero-order valence-electron chi connectivity index (χ0n) is 13.8. The Hall–Kier alpha value is -1.56. The van der Waals surface area contributed by atoms with Gasteiger partial charge in [0, 0.05) is 29.5 Å². The van der Waals surface area contributed by atoms with Crippen LogP contribution in [0.5, 0.6) is 0 Å². The topological polar surface area (TPSA) is 46.5 Å². The molecule has 0 aliphatic carbocycles. The molecule has 2 saturated heterocycles. The molecular formula is C18H22ClN3O2. The normalized spacial score (nSPS) is 20.7. The molecule has 0 bridgehead atoms. The van der Waals surface area contributed by atoms with Gasteiger partial charge in [-0.1, -0.05) is 17.7 Å². The van der Waals surface area contributed by atoms with Crippen LogP contribution in [0.2, 0.25) is 5.02 Å². The van der Waals surface area contributed by atoms with E-state index in [1.54, 1.807) is 0 Å². The number of aromatic nitrogens is 1. The molecule has 2 aliphatic rings. The Kier molecular flexibility index (Phi) is 4.03. The van der Waals surface area contributed by atoms with Crippen LogP contribution in [0, 0.1) is 0 Å². The third kappa shape index (κ3) is 2.61. The molecule has 4 rings (SSSR count). The van der Waals surface area contributed by atoms with Crippen molar-refractivity contribution in [1.82, 2.24) is 14.8 Å². The summed E-state index contributed by atoms with van der Waals surface area (Å²) in [6, 6.07) is 7.67. The standard InChI is InChI=1S/C18H22ClN3O2/c1-21-15-4-2-3-14(19)13(15)11-16(21)17(23)22-9-10-24-18(12-22)5-7-20-8-6-18/h2-4,11,20H,5-10,12H2,1H3. The summed E-state index contributed by atoms with van der Waals surface area (Å²) in [6.45, 7) is 3.82. The summed E-state index contributed by atoms with van der Waals surface area (Å²) in [4.78, 5) is 15.1. The summed E-state index contributed by atoms with van der Waals surface area (Å²) >= 11 is 6.28. The molecule has 5 nitrogen and oxygen atoms in total. The molecule has 2 aromatic rings. The van der Waals surface area contributed by atoms with Crippen molar-refractivity contribution in [3.8, 4) is 0 Å². The Morgan fingerprint density at radius 3 is 2.88 bits per heavy atom. The highest BCUT2D eigenvalue weighted by Crippen LogP contribution is 2.30. The number of carbonyl (C=O) groups is 1. The maximum absolute atomic E-state index is 13.1. The molecule has 1 amide bonds. The second-order valence-electron chi connectivity index (χ2n) is 6.77. The lowest BCUT2D eigenvalue weighted by Crippen LogP contribution is -2.57. The number of nitrogens with zero attached hydrogens (tertiary/aromatic N) is 2. The van der Waals surface area contributed by atoms with Gasteiger partial charge in [0.1, 0.15) is 5.69 Å². The number of halogens is 1. The molecule has 1 spiro atoms. The molecule has 1 aromatic heterocycles. The third-order valence-electron chi connectivity index (χ3n) is 5.30. The van der Waals surface area contributed by atoms with Crippen molar-refractivity contribution in [1.29, 1.82) is 0 Å². The molecule has 24 heavy (non-hydrogen) atoms. The van der Waals surface area contributed by atoms with Gasteiger partial charge in [-0.25, -0.2) is 0 Å². The van der Waals surface area contributed by atoms with Gasteiger partial charge in [0.25, 0.3) is 5.91 Å². The number of nitrogens with one attached hydrogen (secondary N) is 1. The predicted molar refractivity (Wildman–Crippen MR) is 94.6 cm³/mol. The van der Waals surface area contributed by atoms with Crippen molar-refractivity contribution in [2.24, 2.45) is 7.05 Å². The van der Waals surface area contributed by atoms with Crippen LogP contribution in [-0.2, 0) is 11.8 Å². The molecule has 0 unspecified atom stereocenters. The van der Waals surface area contributed by atoms with Gasteiger partial charge in [-0.2, -0.15) is 0 Å². The largest absolute Gasteiger partial charge is 0.371 e. The summed E-state index contributed by atoms with van der Waals surface area (Å²) in [5.41, 5.74) is 1.49. The highest BCUT2D eigenvalue weighted by atomic mass is 35.5. The van der Waals surface area contributed by atoms with E-state index in [0.717, 1.165) is 36.8 Å². The quantitative estimate of drug-likeness (QED) is 0.861. The Balaban J connectivity index is 1.64. The Labute approximate surface area is 146 Å². The van der Waals surface area contributed by atoms with Crippen LogP contribution in [0.25, 0.3) is 10.9 Å². The summed E-state index contributed by atoms with van der Waals surface area (Å²) in [7, 11) is 1.92. The maximum Gasteiger partial charge on any atom is 0.270 e. The minimum atomic E-state index is -0.179. The van der Waals surface area contributed by atoms with Crippen molar-refractivity contribution in [3.63, 3.8) is 0 Å². The van der Waals surface area contributed by atoms with E-state index >= 15 is 0 Å². The van der Waals surface area contributed by atoms with E-state index in [-0.39, 0.29) is 11.5 Å². The van der Waals surface area contributed by atoms with Crippen molar-refractivity contribution in [3.05, 3.63) is 35.0 Å². The number of aryl methyl sites for hydroxylation is 1. The molecule has 0 radical (unpaired) electrons. The van der Waals surface area contributed by atoms with Gasteiger partial charge in [0.05, 0.1) is 18.8 Å². The first-order valence-electron chi connectivity index (χ1n) is 8.48. The van der Waals surface area contributed by atoms with Gasteiger partial charge >= 0.3 is 0 Å². The number of benzene rings is 1. The van der Waals surface area contributed by atoms with Crippen LogP contribution >= 0.6 is 11.6 Å². The third-order valence-corrected chi connectivity index (χ3v) is 5.63. The average Bonchev–Trinajstić information content (AvgIpc) is 2.93. The lowest BCUT2D eigenvalue weighted by molar-refractivity contribution is -0.114.